The highest BCUT2D eigenvalue weighted by Gasteiger charge is 2.15. The Morgan fingerprint density at radius 2 is 1.67 bits per heavy atom. The Bertz CT molecular complexity index is 762. The first-order chi connectivity index (χ1) is 11.5. The smallest absolute Gasteiger partial charge is 0.203 e. The summed E-state index contributed by atoms with van der Waals surface area (Å²) in [5, 5.41) is 0. The van der Waals surface area contributed by atoms with Gasteiger partial charge in [-0.1, -0.05) is 15.9 Å². The molecular weight excluding hydrogens is 379 g/mol. The van der Waals surface area contributed by atoms with Crippen LogP contribution in [0.2, 0.25) is 0 Å². The highest BCUT2D eigenvalue weighted by atomic mass is 79.9. The molecule has 0 bridgehead atoms. The van der Waals surface area contributed by atoms with E-state index in [4.69, 9.17) is 14.2 Å². The Kier molecular flexibility index (Phi) is 5.98. The van der Waals surface area contributed by atoms with Gasteiger partial charge in [-0.05, 0) is 42.5 Å². The third-order valence-corrected chi connectivity index (χ3v) is 3.81. The molecule has 4 nitrogen and oxygen atoms in total. The van der Waals surface area contributed by atoms with Gasteiger partial charge in [-0.25, -0.2) is 4.39 Å². The summed E-state index contributed by atoms with van der Waals surface area (Å²) in [6.45, 7) is 0. The van der Waals surface area contributed by atoms with Crippen molar-refractivity contribution in [2.45, 2.75) is 0 Å². The summed E-state index contributed by atoms with van der Waals surface area (Å²) in [5.41, 5.74) is 0.654. The van der Waals surface area contributed by atoms with E-state index in [9.17, 15) is 9.18 Å². The monoisotopic (exact) mass is 394 g/mol. The van der Waals surface area contributed by atoms with Crippen molar-refractivity contribution in [1.82, 2.24) is 0 Å². The maximum Gasteiger partial charge on any atom is 0.203 e. The normalized spacial score (nSPS) is 10.7. The van der Waals surface area contributed by atoms with Gasteiger partial charge in [0.1, 0.15) is 5.82 Å². The van der Waals surface area contributed by atoms with Gasteiger partial charge in [-0.15, -0.1) is 0 Å². The molecular formula is C18H16BrFO4. The number of ketones is 1. The zero-order valence-electron chi connectivity index (χ0n) is 13.4. The Hall–Kier alpha value is -2.34. The molecule has 2 aromatic rings. The minimum absolute atomic E-state index is 0.310. The molecule has 0 fully saturated rings. The number of hydrogen-bond donors (Lipinski definition) is 0. The van der Waals surface area contributed by atoms with Gasteiger partial charge in [0, 0.05) is 15.6 Å². The average molecular weight is 395 g/mol. The Morgan fingerprint density at radius 3 is 2.21 bits per heavy atom. The maximum absolute atomic E-state index is 13.7. The zero-order valence-corrected chi connectivity index (χ0v) is 15.0. The Morgan fingerprint density at radius 1 is 1.04 bits per heavy atom. The van der Waals surface area contributed by atoms with Gasteiger partial charge >= 0.3 is 0 Å². The summed E-state index contributed by atoms with van der Waals surface area (Å²) in [6, 6.07) is 7.60. The Balaban J connectivity index is 2.36. The fourth-order valence-electron chi connectivity index (χ4n) is 2.13. The molecule has 126 valence electrons. The first-order valence-corrected chi connectivity index (χ1v) is 7.77. The lowest BCUT2D eigenvalue weighted by molar-refractivity contribution is 0.104. The predicted octanol–water partition coefficient (Wildman–Crippen LogP) is 4.51. The molecule has 0 aliphatic heterocycles. The maximum atomic E-state index is 13.7. The van der Waals surface area contributed by atoms with Crippen LogP contribution in [0.5, 0.6) is 17.2 Å². The number of ether oxygens (including phenoxy) is 3. The van der Waals surface area contributed by atoms with Crippen molar-refractivity contribution in [3.63, 3.8) is 0 Å². The van der Waals surface area contributed by atoms with Crippen LogP contribution in [0.4, 0.5) is 4.39 Å². The lowest BCUT2D eigenvalue weighted by atomic mass is 10.1. The van der Waals surface area contributed by atoms with Crippen LogP contribution in [0.1, 0.15) is 15.9 Å². The second-order valence-electron chi connectivity index (χ2n) is 4.78. The van der Waals surface area contributed by atoms with E-state index in [2.05, 4.69) is 15.9 Å². The van der Waals surface area contributed by atoms with E-state index in [1.54, 1.807) is 24.3 Å². The second-order valence-corrected chi connectivity index (χ2v) is 5.69. The van der Waals surface area contributed by atoms with E-state index >= 15 is 0 Å². The topological polar surface area (TPSA) is 44.8 Å². The first kappa shape index (κ1) is 18.0. The van der Waals surface area contributed by atoms with E-state index < -0.39 is 5.82 Å². The SMILES string of the molecule is COc1cc(C(=O)/C=C/c2cc(Br)ccc2F)cc(OC)c1OC. The zero-order chi connectivity index (χ0) is 17.7. The van der Waals surface area contributed by atoms with Crippen molar-refractivity contribution in [3.8, 4) is 17.2 Å². The molecule has 2 rings (SSSR count). The number of hydrogen-bond acceptors (Lipinski definition) is 4. The van der Waals surface area contributed by atoms with Crippen LogP contribution >= 0.6 is 15.9 Å². The van der Waals surface area contributed by atoms with Crippen LogP contribution in [0, 0.1) is 5.82 Å². The number of benzene rings is 2. The first-order valence-electron chi connectivity index (χ1n) is 6.97. The van der Waals surface area contributed by atoms with Crippen LogP contribution < -0.4 is 14.2 Å². The summed E-state index contributed by atoms with van der Waals surface area (Å²) in [7, 11) is 4.42. The van der Waals surface area contributed by atoms with Crippen molar-refractivity contribution in [2.75, 3.05) is 21.3 Å². The molecule has 2 aromatic carbocycles. The highest BCUT2D eigenvalue weighted by molar-refractivity contribution is 9.10. The van der Waals surface area contributed by atoms with Gasteiger partial charge in [0.15, 0.2) is 17.3 Å². The van der Waals surface area contributed by atoms with E-state index in [-0.39, 0.29) is 5.78 Å². The van der Waals surface area contributed by atoms with Gasteiger partial charge in [0.25, 0.3) is 0 Å². The minimum atomic E-state index is -0.410. The summed E-state index contributed by atoms with van der Waals surface area (Å²) in [4.78, 5) is 12.4. The number of halogens is 2. The van der Waals surface area contributed by atoms with Gasteiger partial charge in [0.05, 0.1) is 21.3 Å². The predicted molar refractivity (Wildman–Crippen MR) is 93.6 cm³/mol. The molecule has 0 unspecified atom stereocenters. The Labute approximate surface area is 148 Å². The van der Waals surface area contributed by atoms with Crippen molar-refractivity contribution in [1.29, 1.82) is 0 Å². The number of carbonyl (C=O) groups is 1. The van der Waals surface area contributed by atoms with E-state index in [0.717, 1.165) is 4.47 Å². The van der Waals surface area contributed by atoms with Crippen LogP contribution in [-0.2, 0) is 0 Å². The van der Waals surface area contributed by atoms with Gasteiger partial charge < -0.3 is 14.2 Å². The van der Waals surface area contributed by atoms with E-state index in [0.29, 0.717) is 28.4 Å². The number of methoxy groups -OCH3 is 3. The van der Waals surface area contributed by atoms with Crippen molar-refractivity contribution >= 4 is 27.8 Å². The summed E-state index contributed by atoms with van der Waals surface area (Å²) in [5.74, 6) is 0.434. The minimum Gasteiger partial charge on any atom is -0.493 e. The van der Waals surface area contributed by atoms with Crippen LogP contribution in [0.25, 0.3) is 6.08 Å². The fraction of sp³-hybridized carbons (Fsp3) is 0.167. The third kappa shape index (κ3) is 3.94. The summed E-state index contributed by atoms with van der Waals surface area (Å²) < 4.78 is 30.1. The standard InChI is InChI=1S/C18H16BrFO4/c1-22-16-9-12(10-17(23-2)18(16)24-3)15(21)7-4-11-8-13(19)5-6-14(11)20/h4-10H,1-3H3/b7-4+. The summed E-state index contributed by atoms with van der Waals surface area (Å²) in [6.07, 6.45) is 2.72. The molecule has 0 heterocycles. The number of carbonyl (C=O) groups excluding carboxylic acids is 1. The van der Waals surface area contributed by atoms with Gasteiger partial charge in [-0.3, -0.25) is 4.79 Å². The molecule has 0 amide bonds. The molecule has 0 atom stereocenters. The third-order valence-electron chi connectivity index (χ3n) is 3.32. The van der Waals surface area contributed by atoms with Crippen LogP contribution in [0.15, 0.2) is 40.9 Å². The molecule has 24 heavy (non-hydrogen) atoms. The van der Waals surface area contributed by atoms with Crippen molar-refractivity contribution in [2.24, 2.45) is 0 Å². The molecule has 0 saturated carbocycles. The van der Waals surface area contributed by atoms with E-state index in [1.807, 2.05) is 0 Å². The number of allylic oxidation sites excluding steroid dienone is 1. The van der Waals surface area contributed by atoms with Crippen LogP contribution in [-0.4, -0.2) is 27.1 Å². The quantitative estimate of drug-likeness (QED) is 0.533. The molecule has 0 aromatic heterocycles. The molecule has 0 aliphatic rings. The van der Waals surface area contributed by atoms with Gasteiger partial charge in [0.2, 0.25) is 5.75 Å². The van der Waals surface area contributed by atoms with E-state index in [1.165, 1.54) is 39.5 Å². The molecule has 0 N–H and O–H groups in total. The molecule has 0 aliphatic carbocycles. The molecule has 6 heteroatoms. The number of rotatable bonds is 6. The molecule has 0 saturated heterocycles. The van der Waals surface area contributed by atoms with Crippen molar-refractivity contribution < 1.29 is 23.4 Å². The molecule has 0 spiro atoms. The lowest BCUT2D eigenvalue weighted by Crippen LogP contribution is -2.00. The largest absolute Gasteiger partial charge is 0.493 e. The fourth-order valence-corrected chi connectivity index (χ4v) is 2.51. The average Bonchev–Trinajstić information content (AvgIpc) is 2.60. The second kappa shape index (κ2) is 7.97. The van der Waals surface area contributed by atoms with Gasteiger partial charge in [-0.2, -0.15) is 0 Å². The molecule has 0 radical (unpaired) electrons. The summed E-state index contributed by atoms with van der Waals surface area (Å²) >= 11 is 3.27. The van der Waals surface area contributed by atoms with Crippen molar-refractivity contribution in [3.05, 3.63) is 57.8 Å². The lowest BCUT2D eigenvalue weighted by Gasteiger charge is -2.13. The highest BCUT2D eigenvalue weighted by Crippen LogP contribution is 2.38. The van der Waals surface area contributed by atoms with Crippen LogP contribution in [0.3, 0.4) is 0 Å².